The Kier molecular flexibility index (Phi) is 5.22. The van der Waals surface area contributed by atoms with E-state index in [1.165, 1.54) is 11.3 Å². The van der Waals surface area contributed by atoms with E-state index >= 15 is 0 Å². The number of allylic oxidation sites excluding steroid dienone is 1. The number of anilines is 1. The third-order valence-electron chi connectivity index (χ3n) is 3.84. The zero-order valence-electron chi connectivity index (χ0n) is 13.5. The highest BCUT2D eigenvalue weighted by Crippen LogP contribution is 2.20. The molecule has 0 radical (unpaired) electrons. The van der Waals surface area contributed by atoms with E-state index < -0.39 is 0 Å². The van der Waals surface area contributed by atoms with E-state index in [-0.39, 0.29) is 0 Å². The maximum Gasteiger partial charge on any atom is 0.0642 e. The molecule has 3 rings (SSSR count). The Morgan fingerprint density at radius 1 is 1.00 bits per heavy atom. The maximum atomic E-state index is 5.39. The molecule has 1 fully saturated rings. The van der Waals surface area contributed by atoms with Crippen LogP contribution < -0.4 is 4.90 Å². The third-order valence-corrected chi connectivity index (χ3v) is 3.84. The lowest BCUT2D eigenvalue weighted by atomic mass is 10.1. The van der Waals surface area contributed by atoms with Gasteiger partial charge in [-0.25, -0.2) is 0 Å². The van der Waals surface area contributed by atoms with E-state index in [0.717, 1.165) is 37.6 Å². The van der Waals surface area contributed by atoms with Crippen LogP contribution in [-0.4, -0.2) is 32.5 Å². The Morgan fingerprint density at radius 3 is 2.39 bits per heavy atom. The lowest BCUT2D eigenvalue weighted by Gasteiger charge is -2.28. The van der Waals surface area contributed by atoms with E-state index in [0.29, 0.717) is 0 Å². The second-order valence-electron chi connectivity index (χ2n) is 5.67. The molecule has 0 saturated carbocycles. The molecule has 2 aromatic rings. The van der Waals surface area contributed by atoms with Gasteiger partial charge < -0.3 is 9.64 Å². The van der Waals surface area contributed by atoms with Gasteiger partial charge in [-0.2, -0.15) is 0 Å². The monoisotopic (exact) mass is 306 g/mol. The van der Waals surface area contributed by atoms with Gasteiger partial charge >= 0.3 is 0 Å². The molecule has 0 unspecified atom stereocenters. The summed E-state index contributed by atoms with van der Waals surface area (Å²) < 4.78 is 5.39. The summed E-state index contributed by atoms with van der Waals surface area (Å²) in [5.41, 5.74) is 4.54. The highest BCUT2D eigenvalue weighted by atomic mass is 16.5. The molecule has 1 aliphatic heterocycles. The number of nitrogens with zero attached hydrogens (tertiary/aromatic N) is 2. The van der Waals surface area contributed by atoms with Gasteiger partial charge in [0.05, 0.1) is 18.9 Å². The molecule has 0 aromatic heterocycles. The van der Waals surface area contributed by atoms with Crippen molar-refractivity contribution in [3.05, 3.63) is 65.7 Å². The maximum absolute atomic E-state index is 5.39. The van der Waals surface area contributed by atoms with Crippen LogP contribution in [0.2, 0.25) is 0 Å². The van der Waals surface area contributed by atoms with Crippen molar-refractivity contribution in [2.75, 3.05) is 31.2 Å². The largest absolute Gasteiger partial charge is 0.378 e. The molecule has 3 nitrogen and oxygen atoms in total. The molecular weight excluding hydrogens is 284 g/mol. The zero-order chi connectivity index (χ0) is 15.9. The molecule has 1 heterocycles. The average Bonchev–Trinajstić information content (AvgIpc) is 2.62. The summed E-state index contributed by atoms with van der Waals surface area (Å²) in [5, 5.41) is 0. The van der Waals surface area contributed by atoms with Gasteiger partial charge in [-0.05, 0) is 42.3 Å². The minimum absolute atomic E-state index is 0.809. The lowest BCUT2D eigenvalue weighted by molar-refractivity contribution is 0.122. The number of hydrogen-bond donors (Lipinski definition) is 0. The van der Waals surface area contributed by atoms with Gasteiger partial charge in [0.25, 0.3) is 0 Å². The van der Waals surface area contributed by atoms with Crippen LogP contribution in [0.3, 0.4) is 0 Å². The number of aliphatic imine (C=N–C) groups is 1. The van der Waals surface area contributed by atoms with Crippen molar-refractivity contribution in [3.8, 4) is 0 Å². The first-order valence-electron chi connectivity index (χ1n) is 8.01. The van der Waals surface area contributed by atoms with E-state index in [1.54, 1.807) is 0 Å². The molecule has 0 atom stereocenters. The van der Waals surface area contributed by atoms with Crippen molar-refractivity contribution in [1.29, 1.82) is 0 Å². The van der Waals surface area contributed by atoms with Gasteiger partial charge in [0, 0.05) is 25.0 Å². The minimum atomic E-state index is 0.809. The van der Waals surface area contributed by atoms with Crippen LogP contribution in [0.25, 0.3) is 6.08 Å². The molecule has 3 heteroatoms. The fourth-order valence-electron chi connectivity index (χ4n) is 2.60. The molecular formula is C20H22N2O. The topological polar surface area (TPSA) is 24.8 Å². The van der Waals surface area contributed by atoms with Gasteiger partial charge in [-0.15, -0.1) is 0 Å². The Labute approximate surface area is 137 Å². The van der Waals surface area contributed by atoms with Crippen molar-refractivity contribution in [2.45, 2.75) is 6.92 Å². The molecule has 1 aliphatic rings. The van der Waals surface area contributed by atoms with Gasteiger partial charge in [-0.1, -0.05) is 36.4 Å². The lowest BCUT2D eigenvalue weighted by Crippen LogP contribution is -2.36. The van der Waals surface area contributed by atoms with Crippen LogP contribution in [0.1, 0.15) is 12.5 Å². The minimum Gasteiger partial charge on any atom is -0.378 e. The first kappa shape index (κ1) is 15.5. The Morgan fingerprint density at radius 2 is 1.70 bits per heavy atom. The standard InChI is InChI=1S/C20H22N2O/c1-17(15-18-5-3-2-4-6-18)16-21-19-7-9-20(10-8-19)22-11-13-23-14-12-22/h2-10,15-16H,11-14H2,1H3. The number of hydrogen-bond acceptors (Lipinski definition) is 3. The van der Waals surface area contributed by atoms with Crippen molar-refractivity contribution in [1.82, 2.24) is 0 Å². The van der Waals surface area contributed by atoms with Crippen molar-refractivity contribution < 1.29 is 4.74 Å². The molecule has 2 aromatic carbocycles. The summed E-state index contributed by atoms with van der Waals surface area (Å²) >= 11 is 0. The van der Waals surface area contributed by atoms with Crippen molar-refractivity contribution in [3.63, 3.8) is 0 Å². The highest BCUT2D eigenvalue weighted by Gasteiger charge is 2.10. The van der Waals surface area contributed by atoms with E-state index in [4.69, 9.17) is 4.74 Å². The molecule has 0 bridgehead atoms. The summed E-state index contributed by atoms with van der Waals surface area (Å²) in [6, 6.07) is 18.7. The predicted molar refractivity (Wildman–Crippen MR) is 97.7 cm³/mol. The van der Waals surface area contributed by atoms with Crippen LogP contribution in [0.5, 0.6) is 0 Å². The summed E-state index contributed by atoms with van der Waals surface area (Å²) in [7, 11) is 0. The number of morpholine rings is 1. The zero-order valence-corrected chi connectivity index (χ0v) is 13.5. The second-order valence-corrected chi connectivity index (χ2v) is 5.67. The normalized spacial score (nSPS) is 16.0. The van der Waals surface area contributed by atoms with E-state index in [9.17, 15) is 0 Å². The quantitative estimate of drug-likeness (QED) is 0.785. The summed E-state index contributed by atoms with van der Waals surface area (Å²) in [6.45, 7) is 5.61. The first-order valence-corrected chi connectivity index (χ1v) is 8.01. The SMILES string of the molecule is CC(C=Nc1ccc(N2CCOCC2)cc1)=Cc1ccccc1. The number of rotatable bonds is 4. The average molecular weight is 306 g/mol. The Bertz CT molecular complexity index is 669. The third kappa shape index (κ3) is 4.54. The molecule has 0 N–H and O–H groups in total. The number of ether oxygens (including phenoxy) is 1. The fourth-order valence-corrected chi connectivity index (χ4v) is 2.60. The molecule has 1 saturated heterocycles. The van der Waals surface area contributed by atoms with Crippen LogP contribution in [0.15, 0.2) is 65.2 Å². The van der Waals surface area contributed by atoms with E-state index in [2.05, 4.69) is 59.3 Å². The van der Waals surface area contributed by atoms with Crippen LogP contribution in [-0.2, 0) is 4.74 Å². The van der Waals surface area contributed by atoms with Crippen molar-refractivity contribution >= 4 is 23.7 Å². The van der Waals surface area contributed by atoms with Gasteiger partial charge in [-0.3, -0.25) is 4.99 Å². The van der Waals surface area contributed by atoms with Crippen LogP contribution in [0.4, 0.5) is 11.4 Å². The van der Waals surface area contributed by atoms with Gasteiger partial charge in [0.1, 0.15) is 0 Å². The summed E-state index contributed by atoms with van der Waals surface area (Å²) in [5.74, 6) is 0. The van der Waals surface area contributed by atoms with Crippen molar-refractivity contribution in [2.24, 2.45) is 4.99 Å². The molecule has 0 amide bonds. The first-order chi connectivity index (χ1) is 11.3. The van der Waals surface area contributed by atoms with Crippen LogP contribution in [0, 0.1) is 0 Å². The van der Waals surface area contributed by atoms with E-state index in [1.807, 2.05) is 24.4 Å². The van der Waals surface area contributed by atoms with Gasteiger partial charge in [0.2, 0.25) is 0 Å². The predicted octanol–water partition coefficient (Wildman–Crippen LogP) is 4.33. The summed E-state index contributed by atoms with van der Waals surface area (Å²) in [6.07, 6.45) is 4.04. The second kappa shape index (κ2) is 7.75. The molecule has 118 valence electrons. The van der Waals surface area contributed by atoms with Gasteiger partial charge in [0.15, 0.2) is 0 Å². The fraction of sp³-hybridized carbons (Fsp3) is 0.250. The molecule has 23 heavy (non-hydrogen) atoms. The Balaban J connectivity index is 1.64. The molecule has 0 spiro atoms. The highest BCUT2D eigenvalue weighted by molar-refractivity contribution is 5.86. The smallest absolute Gasteiger partial charge is 0.0642 e. The Hall–Kier alpha value is -2.39. The van der Waals surface area contributed by atoms with Crippen LogP contribution >= 0.6 is 0 Å². The summed E-state index contributed by atoms with van der Waals surface area (Å²) in [4.78, 5) is 6.90. The molecule has 0 aliphatic carbocycles. The number of benzene rings is 2.